The Morgan fingerprint density at radius 2 is 1.50 bits per heavy atom. The molecule has 0 saturated carbocycles. The zero-order chi connectivity index (χ0) is 15.1. The number of fused-ring (bicyclic) bond motifs is 3. The molecule has 0 aliphatic carbocycles. The van der Waals surface area contributed by atoms with Crippen LogP contribution in [0.5, 0.6) is 0 Å². The molecule has 0 N–H and O–H groups in total. The van der Waals surface area contributed by atoms with Crippen molar-refractivity contribution in [1.82, 2.24) is 0 Å². The molecule has 4 rings (SSSR count). The molecule has 1 heterocycles. The monoisotopic (exact) mass is 287 g/mol. The van der Waals surface area contributed by atoms with Gasteiger partial charge in [-0.1, -0.05) is 36.4 Å². The molecule has 0 bridgehead atoms. The lowest BCUT2D eigenvalue weighted by molar-refractivity contribution is 0.666. The highest BCUT2D eigenvalue weighted by Gasteiger charge is 2.14. The van der Waals surface area contributed by atoms with Crippen LogP contribution in [0.4, 0.5) is 11.4 Å². The maximum atomic E-state index is 6.08. The second kappa shape index (κ2) is 4.92. The molecule has 3 aromatic carbocycles. The maximum absolute atomic E-state index is 6.08. The van der Waals surface area contributed by atoms with Gasteiger partial charge in [0.15, 0.2) is 0 Å². The van der Waals surface area contributed by atoms with E-state index in [-0.39, 0.29) is 0 Å². The number of benzene rings is 3. The summed E-state index contributed by atoms with van der Waals surface area (Å²) >= 11 is 0. The number of hydrogen-bond donors (Lipinski definition) is 0. The summed E-state index contributed by atoms with van der Waals surface area (Å²) in [5.41, 5.74) is 5.42. The molecule has 0 spiro atoms. The average molecular weight is 287 g/mol. The summed E-state index contributed by atoms with van der Waals surface area (Å²) in [7, 11) is 2.09. The molecule has 0 saturated heterocycles. The molecule has 0 amide bonds. The third-order valence-corrected chi connectivity index (χ3v) is 4.27. The van der Waals surface area contributed by atoms with Crippen molar-refractivity contribution in [3.8, 4) is 0 Å². The molecule has 0 unspecified atom stereocenters. The molecule has 4 aromatic rings. The SMILES string of the molecule is Cc1c(N(C)c2ccccc2)ccc2c1oc1ccccc12. The van der Waals surface area contributed by atoms with Crippen LogP contribution in [0.1, 0.15) is 5.56 Å². The van der Waals surface area contributed by atoms with E-state index in [1.54, 1.807) is 0 Å². The van der Waals surface area contributed by atoms with Crippen LogP contribution in [0.2, 0.25) is 0 Å². The fourth-order valence-corrected chi connectivity index (χ4v) is 3.07. The van der Waals surface area contributed by atoms with Crippen LogP contribution in [0, 0.1) is 6.92 Å². The molecule has 108 valence electrons. The Balaban J connectivity index is 1.93. The summed E-state index contributed by atoms with van der Waals surface area (Å²) in [6.45, 7) is 2.12. The fraction of sp³-hybridized carbons (Fsp3) is 0.100. The molecular weight excluding hydrogens is 270 g/mol. The van der Waals surface area contributed by atoms with E-state index in [1.807, 2.05) is 18.2 Å². The lowest BCUT2D eigenvalue weighted by atomic mass is 10.1. The minimum Gasteiger partial charge on any atom is -0.456 e. The van der Waals surface area contributed by atoms with Crippen molar-refractivity contribution in [2.24, 2.45) is 0 Å². The average Bonchev–Trinajstić information content (AvgIpc) is 2.95. The number of rotatable bonds is 2. The number of aryl methyl sites for hydroxylation is 1. The largest absolute Gasteiger partial charge is 0.456 e. The van der Waals surface area contributed by atoms with Crippen molar-refractivity contribution >= 4 is 33.3 Å². The minimum absolute atomic E-state index is 0.945. The van der Waals surface area contributed by atoms with Crippen LogP contribution in [0.25, 0.3) is 21.9 Å². The van der Waals surface area contributed by atoms with Crippen molar-refractivity contribution < 1.29 is 4.42 Å². The second-order valence-electron chi connectivity index (χ2n) is 5.58. The number of nitrogens with zero attached hydrogens (tertiary/aromatic N) is 1. The van der Waals surface area contributed by atoms with Crippen LogP contribution in [0.3, 0.4) is 0 Å². The van der Waals surface area contributed by atoms with Gasteiger partial charge >= 0.3 is 0 Å². The van der Waals surface area contributed by atoms with E-state index in [0.717, 1.165) is 16.9 Å². The first kappa shape index (κ1) is 13.0. The summed E-state index contributed by atoms with van der Waals surface area (Å²) in [5, 5.41) is 2.35. The molecule has 2 heteroatoms. The predicted molar refractivity (Wildman–Crippen MR) is 93.0 cm³/mol. The smallest absolute Gasteiger partial charge is 0.140 e. The summed E-state index contributed by atoms with van der Waals surface area (Å²) in [5.74, 6) is 0. The topological polar surface area (TPSA) is 16.4 Å². The van der Waals surface area contributed by atoms with Gasteiger partial charge in [-0.15, -0.1) is 0 Å². The Bertz CT molecular complexity index is 953. The minimum atomic E-state index is 0.945. The molecule has 0 fully saturated rings. The summed E-state index contributed by atoms with van der Waals surface area (Å²) < 4.78 is 6.08. The van der Waals surface area contributed by atoms with E-state index in [9.17, 15) is 0 Å². The first-order valence-corrected chi connectivity index (χ1v) is 7.45. The van der Waals surface area contributed by atoms with Crippen LogP contribution >= 0.6 is 0 Å². The fourth-order valence-electron chi connectivity index (χ4n) is 3.07. The van der Waals surface area contributed by atoms with Gasteiger partial charge < -0.3 is 9.32 Å². The van der Waals surface area contributed by atoms with Crippen molar-refractivity contribution in [3.63, 3.8) is 0 Å². The molecule has 1 aromatic heterocycles. The van der Waals surface area contributed by atoms with E-state index in [4.69, 9.17) is 4.42 Å². The van der Waals surface area contributed by atoms with Crippen LogP contribution in [-0.2, 0) is 0 Å². The van der Waals surface area contributed by atoms with Crippen molar-refractivity contribution in [2.45, 2.75) is 6.92 Å². The molecule has 2 nitrogen and oxygen atoms in total. The van der Waals surface area contributed by atoms with Crippen molar-refractivity contribution in [2.75, 3.05) is 11.9 Å². The lowest BCUT2D eigenvalue weighted by Gasteiger charge is -2.21. The molecular formula is C20H17NO. The van der Waals surface area contributed by atoms with E-state index >= 15 is 0 Å². The first-order valence-electron chi connectivity index (χ1n) is 7.45. The van der Waals surface area contributed by atoms with Crippen molar-refractivity contribution in [3.05, 3.63) is 72.3 Å². The predicted octanol–water partition coefficient (Wildman–Crippen LogP) is 5.66. The Labute approximate surface area is 129 Å². The molecule has 22 heavy (non-hydrogen) atoms. The van der Waals surface area contributed by atoms with Gasteiger partial charge in [-0.3, -0.25) is 0 Å². The van der Waals surface area contributed by atoms with Gasteiger partial charge in [-0.2, -0.15) is 0 Å². The van der Waals surface area contributed by atoms with E-state index in [0.29, 0.717) is 0 Å². The van der Waals surface area contributed by atoms with E-state index < -0.39 is 0 Å². The molecule has 0 aliphatic heterocycles. The van der Waals surface area contributed by atoms with Gasteiger partial charge in [-0.25, -0.2) is 0 Å². The maximum Gasteiger partial charge on any atom is 0.140 e. The lowest BCUT2D eigenvalue weighted by Crippen LogP contribution is -2.10. The Hall–Kier alpha value is -2.74. The third-order valence-electron chi connectivity index (χ3n) is 4.27. The standard InChI is InChI=1S/C20H17NO/c1-14-18(21(2)15-8-4-3-5-9-15)13-12-17-16-10-6-7-11-19(16)22-20(14)17/h3-13H,1-2H3. The number of furan rings is 1. The third kappa shape index (κ3) is 1.88. The Kier molecular flexibility index (Phi) is 2.90. The van der Waals surface area contributed by atoms with E-state index in [1.165, 1.54) is 22.0 Å². The summed E-state index contributed by atoms with van der Waals surface area (Å²) in [6, 6.07) is 22.9. The highest BCUT2D eigenvalue weighted by molar-refractivity contribution is 6.07. The summed E-state index contributed by atoms with van der Waals surface area (Å²) in [4.78, 5) is 2.20. The highest BCUT2D eigenvalue weighted by Crippen LogP contribution is 2.36. The first-order chi connectivity index (χ1) is 10.8. The molecule has 0 aliphatic rings. The van der Waals surface area contributed by atoms with Crippen molar-refractivity contribution in [1.29, 1.82) is 0 Å². The van der Waals surface area contributed by atoms with Gasteiger partial charge in [0, 0.05) is 34.8 Å². The van der Waals surface area contributed by atoms with Crippen LogP contribution in [0.15, 0.2) is 71.1 Å². The summed E-state index contributed by atoms with van der Waals surface area (Å²) in [6.07, 6.45) is 0. The normalized spacial score (nSPS) is 11.2. The van der Waals surface area contributed by atoms with Gasteiger partial charge in [0.05, 0.1) is 0 Å². The van der Waals surface area contributed by atoms with Gasteiger partial charge in [-0.05, 0) is 37.3 Å². The Morgan fingerprint density at radius 3 is 2.32 bits per heavy atom. The zero-order valence-electron chi connectivity index (χ0n) is 12.7. The number of hydrogen-bond acceptors (Lipinski definition) is 2. The van der Waals surface area contributed by atoms with Crippen LogP contribution < -0.4 is 4.90 Å². The second-order valence-corrected chi connectivity index (χ2v) is 5.58. The Morgan fingerprint density at radius 1 is 0.773 bits per heavy atom. The van der Waals surface area contributed by atoms with Gasteiger partial charge in [0.1, 0.15) is 11.2 Å². The number of para-hydroxylation sites is 2. The van der Waals surface area contributed by atoms with Crippen LogP contribution in [-0.4, -0.2) is 7.05 Å². The molecule has 0 radical (unpaired) electrons. The highest BCUT2D eigenvalue weighted by atomic mass is 16.3. The van der Waals surface area contributed by atoms with Gasteiger partial charge in [0.2, 0.25) is 0 Å². The van der Waals surface area contributed by atoms with Gasteiger partial charge in [0.25, 0.3) is 0 Å². The molecule has 0 atom stereocenters. The quantitative estimate of drug-likeness (QED) is 0.473. The van der Waals surface area contributed by atoms with E-state index in [2.05, 4.69) is 67.4 Å². The zero-order valence-corrected chi connectivity index (χ0v) is 12.7. The number of anilines is 2.